The molecule has 128 valence electrons. The molecular weight excluding hydrogens is 350 g/mol. The first-order valence-electron chi connectivity index (χ1n) is 7.39. The number of nitrogens with one attached hydrogen (secondary N) is 1. The minimum absolute atomic E-state index is 0.0756. The number of carbonyl (C=O) groups is 2. The van der Waals surface area contributed by atoms with E-state index in [4.69, 9.17) is 21.1 Å². The summed E-state index contributed by atoms with van der Waals surface area (Å²) in [6, 6.07) is 10.5. The van der Waals surface area contributed by atoms with E-state index in [0.29, 0.717) is 10.8 Å². The zero-order valence-corrected chi connectivity index (χ0v) is 14.7. The van der Waals surface area contributed by atoms with Gasteiger partial charge in [0, 0.05) is 11.8 Å². The Balaban J connectivity index is 1.77. The molecule has 1 atom stereocenters. The van der Waals surface area contributed by atoms with Crippen molar-refractivity contribution in [1.82, 2.24) is 5.32 Å². The minimum atomic E-state index is -0.398. The highest BCUT2D eigenvalue weighted by molar-refractivity contribution is 7.10. The SMILES string of the molecule is CC(=O)NC(CC(=O)OCCOc1ccccc1Cl)c1cccs1. The predicted molar refractivity (Wildman–Crippen MR) is 93.4 cm³/mol. The van der Waals surface area contributed by atoms with Crippen LogP contribution in [0.1, 0.15) is 24.3 Å². The van der Waals surface area contributed by atoms with Crippen LogP contribution in [-0.4, -0.2) is 25.1 Å². The molecule has 1 aromatic carbocycles. The summed E-state index contributed by atoms with van der Waals surface area (Å²) in [6.45, 7) is 1.74. The van der Waals surface area contributed by atoms with Gasteiger partial charge in [0.05, 0.1) is 17.5 Å². The van der Waals surface area contributed by atoms with Crippen molar-refractivity contribution in [1.29, 1.82) is 0 Å². The van der Waals surface area contributed by atoms with Crippen LogP contribution < -0.4 is 10.1 Å². The highest BCUT2D eigenvalue weighted by atomic mass is 35.5. The standard InChI is InChI=1S/C17H18ClNO4S/c1-12(20)19-14(16-7-4-10-24-16)11-17(21)23-9-8-22-15-6-3-2-5-13(15)18/h2-7,10,14H,8-9,11H2,1H3,(H,19,20). The third-order valence-electron chi connectivity index (χ3n) is 3.08. The number of rotatable bonds is 8. The second-order valence-electron chi connectivity index (χ2n) is 4.97. The van der Waals surface area contributed by atoms with Gasteiger partial charge in [0.25, 0.3) is 0 Å². The molecule has 7 heteroatoms. The first-order chi connectivity index (χ1) is 11.6. The average Bonchev–Trinajstić information content (AvgIpc) is 3.06. The van der Waals surface area contributed by atoms with Gasteiger partial charge in [0.15, 0.2) is 0 Å². The van der Waals surface area contributed by atoms with Crippen LogP contribution in [0.3, 0.4) is 0 Å². The molecule has 0 saturated heterocycles. The Morgan fingerprint density at radius 3 is 2.67 bits per heavy atom. The van der Waals surface area contributed by atoms with Crippen LogP contribution >= 0.6 is 22.9 Å². The number of amides is 1. The van der Waals surface area contributed by atoms with Gasteiger partial charge >= 0.3 is 5.97 Å². The summed E-state index contributed by atoms with van der Waals surface area (Å²) >= 11 is 7.45. The molecule has 0 bridgehead atoms. The van der Waals surface area contributed by atoms with Gasteiger partial charge in [-0.2, -0.15) is 0 Å². The van der Waals surface area contributed by atoms with Crippen molar-refractivity contribution in [2.75, 3.05) is 13.2 Å². The van der Waals surface area contributed by atoms with Crippen molar-refractivity contribution in [3.05, 3.63) is 51.7 Å². The van der Waals surface area contributed by atoms with Crippen LogP contribution in [0.2, 0.25) is 5.02 Å². The molecule has 1 aromatic heterocycles. The van der Waals surface area contributed by atoms with E-state index in [1.54, 1.807) is 12.1 Å². The number of benzene rings is 1. The Labute approximate surface area is 149 Å². The second-order valence-corrected chi connectivity index (χ2v) is 6.36. The number of ether oxygens (including phenoxy) is 2. The van der Waals surface area contributed by atoms with E-state index in [1.807, 2.05) is 29.6 Å². The Bertz CT molecular complexity index is 675. The molecule has 1 N–H and O–H groups in total. The molecule has 2 rings (SSSR count). The number of thiophene rings is 1. The highest BCUT2D eigenvalue weighted by Crippen LogP contribution is 2.23. The maximum Gasteiger partial charge on any atom is 0.308 e. The number of hydrogen-bond acceptors (Lipinski definition) is 5. The van der Waals surface area contributed by atoms with Crippen LogP contribution in [0.5, 0.6) is 5.75 Å². The quantitative estimate of drug-likeness (QED) is 0.572. The third-order valence-corrected chi connectivity index (χ3v) is 4.37. The minimum Gasteiger partial charge on any atom is -0.488 e. The fourth-order valence-electron chi connectivity index (χ4n) is 2.05. The monoisotopic (exact) mass is 367 g/mol. The first kappa shape index (κ1) is 18.3. The van der Waals surface area contributed by atoms with Gasteiger partial charge in [-0.3, -0.25) is 9.59 Å². The molecule has 24 heavy (non-hydrogen) atoms. The summed E-state index contributed by atoms with van der Waals surface area (Å²) in [5.74, 6) is -0.0434. The summed E-state index contributed by atoms with van der Waals surface area (Å²) in [5.41, 5.74) is 0. The van der Waals surface area contributed by atoms with Crippen molar-refractivity contribution in [2.45, 2.75) is 19.4 Å². The molecule has 2 aromatic rings. The average molecular weight is 368 g/mol. The zero-order chi connectivity index (χ0) is 17.4. The van der Waals surface area contributed by atoms with Gasteiger partial charge in [-0.15, -0.1) is 11.3 Å². The Kier molecular flexibility index (Phi) is 7.08. The molecule has 0 fully saturated rings. The van der Waals surface area contributed by atoms with Gasteiger partial charge < -0.3 is 14.8 Å². The van der Waals surface area contributed by atoms with Crippen LogP contribution in [0.4, 0.5) is 0 Å². The molecule has 0 aliphatic heterocycles. The van der Waals surface area contributed by atoms with Crippen LogP contribution in [0.25, 0.3) is 0 Å². The predicted octanol–water partition coefficient (Wildman–Crippen LogP) is 3.59. The van der Waals surface area contributed by atoms with Gasteiger partial charge in [0.1, 0.15) is 19.0 Å². The van der Waals surface area contributed by atoms with Crippen molar-refractivity contribution in [3.63, 3.8) is 0 Å². The molecule has 0 aliphatic carbocycles. The van der Waals surface area contributed by atoms with Gasteiger partial charge in [-0.25, -0.2) is 0 Å². The lowest BCUT2D eigenvalue weighted by molar-refractivity contribution is -0.145. The molecule has 0 aliphatic rings. The van der Waals surface area contributed by atoms with E-state index < -0.39 is 5.97 Å². The number of hydrogen-bond donors (Lipinski definition) is 1. The lowest BCUT2D eigenvalue weighted by Crippen LogP contribution is -2.28. The molecular formula is C17H18ClNO4S. The van der Waals surface area contributed by atoms with Gasteiger partial charge in [-0.05, 0) is 23.6 Å². The smallest absolute Gasteiger partial charge is 0.308 e. The molecule has 1 amide bonds. The van der Waals surface area contributed by atoms with E-state index in [1.165, 1.54) is 18.3 Å². The first-order valence-corrected chi connectivity index (χ1v) is 8.65. The van der Waals surface area contributed by atoms with Gasteiger partial charge in [0.2, 0.25) is 5.91 Å². The molecule has 0 radical (unpaired) electrons. The normalized spacial score (nSPS) is 11.6. The Morgan fingerprint density at radius 1 is 1.21 bits per heavy atom. The van der Waals surface area contributed by atoms with Crippen molar-refractivity contribution in [3.8, 4) is 5.75 Å². The summed E-state index contributed by atoms with van der Waals surface area (Å²) in [4.78, 5) is 24.2. The van der Waals surface area contributed by atoms with E-state index >= 15 is 0 Å². The van der Waals surface area contributed by atoms with E-state index in [-0.39, 0.29) is 31.6 Å². The topological polar surface area (TPSA) is 64.6 Å². The lowest BCUT2D eigenvalue weighted by atomic mass is 10.1. The third kappa shape index (κ3) is 5.86. The van der Waals surface area contributed by atoms with Crippen molar-refractivity contribution < 1.29 is 19.1 Å². The maximum atomic E-state index is 12.0. The van der Waals surface area contributed by atoms with Gasteiger partial charge in [-0.1, -0.05) is 29.8 Å². The fourth-order valence-corrected chi connectivity index (χ4v) is 3.02. The molecule has 1 unspecified atom stereocenters. The Morgan fingerprint density at radius 2 is 2.00 bits per heavy atom. The number of carbonyl (C=O) groups excluding carboxylic acids is 2. The zero-order valence-electron chi connectivity index (χ0n) is 13.2. The maximum absolute atomic E-state index is 12.0. The molecule has 5 nitrogen and oxygen atoms in total. The number of para-hydroxylation sites is 1. The van der Waals surface area contributed by atoms with E-state index in [9.17, 15) is 9.59 Å². The van der Waals surface area contributed by atoms with Crippen LogP contribution in [0.15, 0.2) is 41.8 Å². The van der Waals surface area contributed by atoms with E-state index in [0.717, 1.165) is 4.88 Å². The van der Waals surface area contributed by atoms with Crippen molar-refractivity contribution in [2.24, 2.45) is 0 Å². The highest BCUT2D eigenvalue weighted by Gasteiger charge is 2.18. The molecule has 0 spiro atoms. The second kappa shape index (κ2) is 9.30. The van der Waals surface area contributed by atoms with Crippen molar-refractivity contribution >= 4 is 34.8 Å². The largest absolute Gasteiger partial charge is 0.488 e. The molecule has 0 saturated carbocycles. The number of halogens is 1. The summed E-state index contributed by atoms with van der Waals surface area (Å²) in [7, 11) is 0. The fraction of sp³-hybridized carbons (Fsp3) is 0.294. The van der Waals surface area contributed by atoms with E-state index in [2.05, 4.69) is 5.32 Å². The Hall–Kier alpha value is -2.05. The lowest BCUT2D eigenvalue weighted by Gasteiger charge is -2.16. The summed E-state index contributed by atoms with van der Waals surface area (Å²) < 4.78 is 10.6. The van der Waals surface area contributed by atoms with Crippen LogP contribution in [0, 0.1) is 0 Å². The van der Waals surface area contributed by atoms with Crippen LogP contribution in [-0.2, 0) is 14.3 Å². The summed E-state index contributed by atoms with van der Waals surface area (Å²) in [5, 5.41) is 5.16. The summed E-state index contributed by atoms with van der Waals surface area (Å²) in [6.07, 6.45) is 0.0756. The molecule has 1 heterocycles. The number of esters is 1.